The lowest BCUT2D eigenvalue weighted by Crippen LogP contribution is -2.05. The van der Waals surface area contributed by atoms with E-state index in [-0.39, 0.29) is 0 Å². The van der Waals surface area contributed by atoms with Crippen molar-refractivity contribution in [2.24, 2.45) is 0 Å². The number of hydrogen-bond acceptors (Lipinski definition) is 4. The SMILES string of the molecule is COC(=O)c1cc(I)c(-c2ccco2)c(OCc2ccccc2)c1. The number of carbonyl (C=O) groups is 1. The Morgan fingerprint density at radius 2 is 1.92 bits per heavy atom. The molecule has 0 unspecified atom stereocenters. The molecule has 0 N–H and O–H groups in total. The van der Waals surface area contributed by atoms with Crippen molar-refractivity contribution >= 4 is 28.6 Å². The van der Waals surface area contributed by atoms with Crippen molar-refractivity contribution in [1.82, 2.24) is 0 Å². The summed E-state index contributed by atoms with van der Waals surface area (Å²) >= 11 is 2.17. The van der Waals surface area contributed by atoms with Crippen molar-refractivity contribution in [2.45, 2.75) is 6.61 Å². The Labute approximate surface area is 153 Å². The fourth-order valence-electron chi connectivity index (χ4n) is 2.33. The van der Waals surface area contributed by atoms with Gasteiger partial charge in [-0.15, -0.1) is 0 Å². The zero-order valence-corrected chi connectivity index (χ0v) is 15.1. The molecule has 2 aromatic carbocycles. The van der Waals surface area contributed by atoms with Gasteiger partial charge in [0.05, 0.1) is 24.5 Å². The number of methoxy groups -OCH3 is 1. The highest BCUT2D eigenvalue weighted by atomic mass is 127. The Morgan fingerprint density at radius 1 is 1.12 bits per heavy atom. The number of esters is 1. The van der Waals surface area contributed by atoms with Crippen LogP contribution in [0.25, 0.3) is 11.3 Å². The molecule has 0 saturated heterocycles. The number of hydrogen-bond donors (Lipinski definition) is 0. The van der Waals surface area contributed by atoms with Gasteiger partial charge < -0.3 is 13.9 Å². The number of rotatable bonds is 5. The molecule has 0 fully saturated rings. The van der Waals surface area contributed by atoms with Crippen molar-refractivity contribution in [3.63, 3.8) is 0 Å². The van der Waals surface area contributed by atoms with Gasteiger partial charge in [-0.2, -0.15) is 0 Å². The molecule has 1 heterocycles. The highest BCUT2D eigenvalue weighted by molar-refractivity contribution is 14.1. The Morgan fingerprint density at radius 3 is 2.58 bits per heavy atom. The standard InChI is InChI=1S/C19H15IO4/c1-22-19(21)14-10-15(20)18(16-8-5-9-23-16)17(11-14)24-12-13-6-3-2-4-7-13/h2-11H,12H2,1H3. The van der Waals surface area contributed by atoms with Gasteiger partial charge in [-0.1, -0.05) is 30.3 Å². The summed E-state index contributed by atoms with van der Waals surface area (Å²) < 4.78 is 17.2. The minimum absolute atomic E-state index is 0.398. The first-order chi connectivity index (χ1) is 11.7. The van der Waals surface area contributed by atoms with Crippen LogP contribution in [0.3, 0.4) is 0 Å². The first-order valence-electron chi connectivity index (χ1n) is 7.31. The van der Waals surface area contributed by atoms with Gasteiger partial charge in [0.2, 0.25) is 0 Å². The number of ether oxygens (including phenoxy) is 2. The lowest BCUT2D eigenvalue weighted by atomic mass is 10.1. The fraction of sp³-hybridized carbons (Fsp3) is 0.105. The van der Waals surface area contributed by atoms with Gasteiger partial charge in [0.1, 0.15) is 18.1 Å². The summed E-state index contributed by atoms with van der Waals surface area (Å²) in [7, 11) is 1.36. The first kappa shape index (κ1) is 16.6. The third kappa shape index (κ3) is 3.62. The maximum atomic E-state index is 11.9. The van der Waals surface area contributed by atoms with Gasteiger partial charge in [-0.3, -0.25) is 0 Å². The molecule has 0 amide bonds. The van der Waals surface area contributed by atoms with E-state index < -0.39 is 5.97 Å². The van der Waals surface area contributed by atoms with Crippen LogP contribution in [-0.2, 0) is 11.3 Å². The van der Waals surface area contributed by atoms with E-state index in [9.17, 15) is 4.79 Å². The van der Waals surface area contributed by atoms with Crippen LogP contribution in [-0.4, -0.2) is 13.1 Å². The normalized spacial score (nSPS) is 10.4. The van der Waals surface area contributed by atoms with Crippen molar-refractivity contribution < 1.29 is 18.7 Å². The molecule has 3 aromatic rings. The van der Waals surface area contributed by atoms with E-state index in [2.05, 4.69) is 22.6 Å². The molecule has 4 nitrogen and oxygen atoms in total. The molecule has 0 aliphatic carbocycles. The van der Waals surface area contributed by atoms with Crippen LogP contribution in [0.5, 0.6) is 5.75 Å². The van der Waals surface area contributed by atoms with Crippen LogP contribution >= 0.6 is 22.6 Å². The minimum atomic E-state index is -0.400. The summed E-state index contributed by atoms with van der Waals surface area (Å²) in [6.07, 6.45) is 1.61. The predicted molar refractivity (Wildman–Crippen MR) is 99.0 cm³/mol. The number of furan rings is 1. The van der Waals surface area contributed by atoms with E-state index in [1.165, 1.54) is 7.11 Å². The Hall–Kier alpha value is -2.28. The Balaban J connectivity index is 2.00. The monoisotopic (exact) mass is 434 g/mol. The summed E-state index contributed by atoms with van der Waals surface area (Å²) in [6.45, 7) is 0.398. The first-order valence-corrected chi connectivity index (χ1v) is 8.39. The van der Waals surface area contributed by atoms with E-state index in [0.717, 1.165) is 14.7 Å². The molecule has 0 radical (unpaired) electrons. The van der Waals surface area contributed by atoms with Gasteiger partial charge in [-0.05, 0) is 52.4 Å². The molecule has 0 atom stereocenters. The number of carbonyl (C=O) groups excluding carboxylic acids is 1. The third-order valence-electron chi connectivity index (χ3n) is 3.48. The number of halogens is 1. The maximum absolute atomic E-state index is 11.9. The van der Waals surface area contributed by atoms with Crippen LogP contribution in [0, 0.1) is 3.57 Å². The summed E-state index contributed by atoms with van der Waals surface area (Å²) in [4.78, 5) is 11.9. The lowest BCUT2D eigenvalue weighted by Gasteiger charge is -2.14. The third-order valence-corrected chi connectivity index (χ3v) is 4.33. The molecule has 0 spiro atoms. The smallest absolute Gasteiger partial charge is 0.338 e. The van der Waals surface area contributed by atoms with E-state index in [0.29, 0.717) is 23.7 Å². The quantitative estimate of drug-likeness (QED) is 0.423. The largest absolute Gasteiger partial charge is 0.488 e. The second kappa shape index (κ2) is 7.53. The fourth-order valence-corrected chi connectivity index (χ4v) is 3.19. The Bertz CT molecular complexity index is 826. The second-order valence-corrected chi connectivity index (χ2v) is 6.24. The van der Waals surface area contributed by atoms with Crippen molar-refractivity contribution in [3.05, 3.63) is 75.6 Å². The van der Waals surface area contributed by atoms with E-state index in [1.54, 1.807) is 18.4 Å². The van der Waals surface area contributed by atoms with Crippen LogP contribution in [0.2, 0.25) is 0 Å². The van der Waals surface area contributed by atoms with Gasteiger partial charge in [0.25, 0.3) is 0 Å². The Kier molecular flexibility index (Phi) is 5.20. The van der Waals surface area contributed by atoms with Gasteiger partial charge in [0.15, 0.2) is 0 Å². The van der Waals surface area contributed by atoms with Crippen LogP contribution in [0.1, 0.15) is 15.9 Å². The molecular formula is C19H15IO4. The topological polar surface area (TPSA) is 48.7 Å². The van der Waals surface area contributed by atoms with Crippen LogP contribution < -0.4 is 4.74 Å². The summed E-state index contributed by atoms with van der Waals surface area (Å²) in [6, 6.07) is 17.0. The van der Waals surface area contributed by atoms with E-state index in [4.69, 9.17) is 13.9 Å². The summed E-state index contributed by atoms with van der Waals surface area (Å²) in [5.41, 5.74) is 2.31. The number of benzene rings is 2. The zero-order valence-electron chi connectivity index (χ0n) is 13.0. The zero-order chi connectivity index (χ0) is 16.9. The second-order valence-electron chi connectivity index (χ2n) is 5.07. The molecule has 0 saturated carbocycles. The molecule has 0 bridgehead atoms. The van der Waals surface area contributed by atoms with Gasteiger partial charge in [0, 0.05) is 3.57 Å². The predicted octanol–water partition coefficient (Wildman–Crippen LogP) is 4.92. The lowest BCUT2D eigenvalue weighted by molar-refractivity contribution is 0.0600. The molecule has 1 aromatic heterocycles. The maximum Gasteiger partial charge on any atom is 0.338 e. The molecule has 0 aliphatic rings. The average Bonchev–Trinajstić information content (AvgIpc) is 3.13. The molecule has 0 aliphatic heterocycles. The van der Waals surface area contributed by atoms with E-state index >= 15 is 0 Å². The van der Waals surface area contributed by atoms with Gasteiger partial charge in [-0.25, -0.2) is 4.79 Å². The highest BCUT2D eigenvalue weighted by Gasteiger charge is 2.18. The molecule has 5 heteroatoms. The van der Waals surface area contributed by atoms with Crippen molar-refractivity contribution in [3.8, 4) is 17.1 Å². The summed E-state index contributed by atoms with van der Waals surface area (Å²) in [5, 5.41) is 0. The minimum Gasteiger partial charge on any atom is -0.488 e. The van der Waals surface area contributed by atoms with Crippen molar-refractivity contribution in [2.75, 3.05) is 7.11 Å². The van der Waals surface area contributed by atoms with Crippen molar-refractivity contribution in [1.29, 1.82) is 0 Å². The average molecular weight is 434 g/mol. The van der Waals surface area contributed by atoms with Gasteiger partial charge >= 0.3 is 5.97 Å². The molecule has 3 rings (SSSR count). The molecule has 24 heavy (non-hydrogen) atoms. The molecule has 122 valence electrons. The van der Waals surface area contributed by atoms with E-state index in [1.807, 2.05) is 42.5 Å². The molecular weight excluding hydrogens is 419 g/mol. The van der Waals surface area contributed by atoms with Crippen LogP contribution in [0.4, 0.5) is 0 Å². The summed E-state index contributed by atoms with van der Waals surface area (Å²) in [5.74, 6) is 0.878. The van der Waals surface area contributed by atoms with Crippen LogP contribution in [0.15, 0.2) is 65.3 Å². The highest BCUT2D eigenvalue weighted by Crippen LogP contribution is 2.36.